The van der Waals surface area contributed by atoms with Crippen LogP contribution in [0.5, 0.6) is 0 Å². The highest BCUT2D eigenvalue weighted by molar-refractivity contribution is 6.12. The minimum absolute atomic E-state index is 0.590. The first-order valence-electron chi connectivity index (χ1n) is 16.8. The number of hydrogen-bond acceptors (Lipinski definition) is 3. The summed E-state index contributed by atoms with van der Waals surface area (Å²) in [5.74, 6) is 1.87. The standard InChI is InChI=1S/C45H29N5/c1-4-14-30(15-5-1)43-46-44(31-16-6-2-7-17-31)48-45(47-43)50-40-23-13-11-21-36(40)38-29-33(25-27-42(38)50)32-24-26-41-37(28-32)35-20-10-12-22-39(35)49(41)34-18-8-3-9-19-34/h1-29H/i49+1,50+1. The number of nitrogens with zero attached hydrogens (tertiary/aromatic N) is 5. The van der Waals surface area contributed by atoms with E-state index in [9.17, 15) is 0 Å². The molecular formula is C45H29N5. The fourth-order valence-corrected chi connectivity index (χ4v) is 7.27. The van der Waals surface area contributed by atoms with E-state index >= 15 is 0 Å². The van der Waals surface area contributed by atoms with Crippen LogP contribution in [0.25, 0.3) is 89.2 Å². The Labute approximate surface area is 288 Å². The molecule has 7 aromatic carbocycles. The number of fused-ring (bicyclic) bond motifs is 6. The lowest BCUT2D eigenvalue weighted by atomic mass is 10.0. The summed E-state index contributed by atoms with van der Waals surface area (Å²) in [6.07, 6.45) is 0. The molecule has 0 fully saturated rings. The third kappa shape index (κ3) is 4.52. The lowest BCUT2D eigenvalue weighted by Gasteiger charge is -2.11. The summed E-state index contributed by atoms with van der Waals surface area (Å²) in [4.78, 5) is 15.1. The van der Waals surface area contributed by atoms with Crippen LogP contribution < -0.4 is 0 Å². The van der Waals surface area contributed by atoms with Crippen molar-refractivity contribution in [3.8, 4) is 45.5 Å². The van der Waals surface area contributed by atoms with Gasteiger partial charge >= 0.3 is 0 Å². The van der Waals surface area contributed by atoms with Gasteiger partial charge in [-0.2, -0.15) is 9.97 Å². The SMILES string of the molecule is c1ccc(-c2nc(-c3ccccc3)nc(-[15n]3c4ccccc4c4cc(-c5ccc6c(c5)c5ccccc5[15n]6-c5ccccc5)ccc43)n2)cc1. The number of benzene rings is 7. The molecule has 5 nitrogen and oxygen atoms in total. The van der Waals surface area contributed by atoms with Crippen LogP contribution in [0.15, 0.2) is 176 Å². The Morgan fingerprint density at radius 3 is 1.26 bits per heavy atom. The molecular weight excluding hydrogens is 613 g/mol. The van der Waals surface area contributed by atoms with Gasteiger partial charge in [-0.25, -0.2) is 4.98 Å². The molecule has 0 unspecified atom stereocenters. The summed E-state index contributed by atoms with van der Waals surface area (Å²) in [6.45, 7) is 0. The molecule has 5 heteroatoms. The van der Waals surface area contributed by atoms with E-state index in [2.05, 4.69) is 124 Å². The van der Waals surface area contributed by atoms with Crippen molar-refractivity contribution in [2.75, 3.05) is 0 Å². The molecule has 3 heterocycles. The van der Waals surface area contributed by atoms with Crippen LogP contribution in [-0.4, -0.2) is 24.1 Å². The first kappa shape index (κ1) is 28.2. The monoisotopic (exact) mass is 641 g/mol. The van der Waals surface area contributed by atoms with Gasteiger partial charge in [0.05, 0.1) is 22.1 Å². The summed E-state index contributed by atoms with van der Waals surface area (Å²) in [5, 5.41) is 4.77. The Kier molecular flexibility index (Phi) is 6.42. The number of hydrogen-bond donors (Lipinski definition) is 0. The predicted molar refractivity (Wildman–Crippen MR) is 205 cm³/mol. The number of para-hydroxylation sites is 3. The lowest BCUT2D eigenvalue weighted by molar-refractivity contribution is 0.953. The third-order valence-electron chi connectivity index (χ3n) is 9.58. The van der Waals surface area contributed by atoms with Gasteiger partial charge < -0.3 is 4.57 Å². The average molecular weight is 642 g/mol. The first-order chi connectivity index (χ1) is 24.8. The van der Waals surface area contributed by atoms with E-state index in [1.54, 1.807) is 0 Å². The van der Waals surface area contributed by atoms with Gasteiger partial charge in [0.25, 0.3) is 0 Å². The largest absolute Gasteiger partial charge is 0.309 e. The van der Waals surface area contributed by atoms with E-state index in [1.165, 1.54) is 27.4 Å². The second-order valence-corrected chi connectivity index (χ2v) is 12.5. The molecule has 0 aliphatic rings. The Bertz CT molecular complexity index is 2800. The Morgan fingerprint density at radius 2 is 0.720 bits per heavy atom. The molecule has 0 bridgehead atoms. The maximum atomic E-state index is 5.08. The molecule has 234 valence electrons. The zero-order valence-electron chi connectivity index (χ0n) is 27.0. The van der Waals surface area contributed by atoms with Crippen LogP contribution in [0, 0.1) is 0 Å². The van der Waals surface area contributed by atoms with Crippen molar-refractivity contribution in [1.82, 2.24) is 24.1 Å². The molecule has 10 rings (SSSR count). The molecule has 0 saturated carbocycles. The molecule has 0 atom stereocenters. The molecule has 0 aliphatic carbocycles. The average Bonchev–Trinajstić information content (AvgIpc) is 3.71. The highest BCUT2D eigenvalue weighted by Gasteiger charge is 2.19. The smallest absolute Gasteiger partial charge is 0.238 e. The van der Waals surface area contributed by atoms with Crippen molar-refractivity contribution in [3.63, 3.8) is 0 Å². The lowest BCUT2D eigenvalue weighted by Crippen LogP contribution is -2.06. The molecule has 50 heavy (non-hydrogen) atoms. The van der Waals surface area contributed by atoms with Gasteiger partial charge in [0.15, 0.2) is 11.6 Å². The molecule has 0 radical (unpaired) electrons. The normalized spacial score (nSPS) is 11.6. The van der Waals surface area contributed by atoms with Gasteiger partial charge in [-0.3, -0.25) is 4.57 Å². The second-order valence-electron chi connectivity index (χ2n) is 12.5. The molecule has 3 aromatic heterocycles. The summed E-state index contributed by atoms with van der Waals surface area (Å²) in [7, 11) is 0. The van der Waals surface area contributed by atoms with E-state index in [4.69, 9.17) is 15.0 Å². The third-order valence-corrected chi connectivity index (χ3v) is 9.58. The van der Waals surface area contributed by atoms with Gasteiger partial charge in [0.2, 0.25) is 5.95 Å². The Balaban J connectivity index is 1.17. The summed E-state index contributed by atoms with van der Waals surface area (Å²) in [6, 6.07) is 61.6. The van der Waals surface area contributed by atoms with Crippen LogP contribution >= 0.6 is 0 Å². The van der Waals surface area contributed by atoms with Crippen LogP contribution in [0.1, 0.15) is 0 Å². The molecule has 0 amide bonds. The second kappa shape index (κ2) is 11.4. The quantitative estimate of drug-likeness (QED) is 0.188. The minimum atomic E-state index is 0.590. The van der Waals surface area contributed by atoms with Crippen molar-refractivity contribution >= 4 is 43.6 Å². The van der Waals surface area contributed by atoms with Crippen molar-refractivity contribution in [2.45, 2.75) is 0 Å². The summed E-state index contributed by atoms with van der Waals surface area (Å²) >= 11 is 0. The molecule has 0 N–H and O–H groups in total. The fourth-order valence-electron chi connectivity index (χ4n) is 7.27. The fraction of sp³-hybridized carbons (Fsp3) is 0. The first-order valence-corrected chi connectivity index (χ1v) is 16.8. The van der Waals surface area contributed by atoms with Crippen molar-refractivity contribution in [1.29, 1.82) is 0 Å². The van der Waals surface area contributed by atoms with Crippen LogP contribution in [0.4, 0.5) is 0 Å². The summed E-state index contributed by atoms with van der Waals surface area (Å²) < 4.78 is 4.53. The highest BCUT2D eigenvalue weighted by Crippen LogP contribution is 2.38. The van der Waals surface area contributed by atoms with Gasteiger partial charge in [0, 0.05) is 38.4 Å². The Hall–Kier alpha value is -6.85. The van der Waals surface area contributed by atoms with Gasteiger partial charge in [-0.05, 0) is 59.7 Å². The van der Waals surface area contributed by atoms with Gasteiger partial charge in [-0.1, -0.05) is 127 Å². The minimum Gasteiger partial charge on any atom is -0.309 e. The van der Waals surface area contributed by atoms with E-state index in [0.29, 0.717) is 17.6 Å². The van der Waals surface area contributed by atoms with E-state index in [0.717, 1.165) is 44.2 Å². The molecule has 0 saturated heterocycles. The molecule has 0 aliphatic heterocycles. The van der Waals surface area contributed by atoms with Crippen LogP contribution in [0.3, 0.4) is 0 Å². The zero-order chi connectivity index (χ0) is 33.0. The van der Waals surface area contributed by atoms with Crippen LogP contribution in [-0.2, 0) is 0 Å². The predicted octanol–water partition coefficient (Wildman–Crippen LogP) is 11.1. The topological polar surface area (TPSA) is 48.5 Å². The molecule has 0 spiro atoms. The van der Waals surface area contributed by atoms with Crippen molar-refractivity contribution in [3.05, 3.63) is 176 Å². The van der Waals surface area contributed by atoms with E-state index in [1.807, 2.05) is 60.7 Å². The maximum absolute atomic E-state index is 5.08. The van der Waals surface area contributed by atoms with Crippen molar-refractivity contribution < 1.29 is 0 Å². The Morgan fingerprint density at radius 1 is 0.300 bits per heavy atom. The zero-order valence-corrected chi connectivity index (χ0v) is 27.0. The maximum Gasteiger partial charge on any atom is 0.238 e. The summed E-state index contributed by atoms with van der Waals surface area (Å²) in [5.41, 5.74) is 9.86. The van der Waals surface area contributed by atoms with E-state index in [-0.39, 0.29) is 0 Å². The van der Waals surface area contributed by atoms with Gasteiger partial charge in [0.1, 0.15) is 0 Å². The number of rotatable bonds is 5. The highest BCUT2D eigenvalue weighted by atomic mass is 15.8. The van der Waals surface area contributed by atoms with Crippen LogP contribution in [0.2, 0.25) is 0 Å². The van der Waals surface area contributed by atoms with Gasteiger partial charge in [-0.15, -0.1) is 0 Å². The number of aromatic nitrogens is 5. The molecule has 10 aromatic rings. The van der Waals surface area contributed by atoms with E-state index < -0.39 is 0 Å². The van der Waals surface area contributed by atoms with Crippen molar-refractivity contribution in [2.24, 2.45) is 0 Å².